The summed E-state index contributed by atoms with van der Waals surface area (Å²) in [5.74, 6) is -1.08. The van der Waals surface area contributed by atoms with Crippen molar-refractivity contribution >= 4 is 0 Å². The van der Waals surface area contributed by atoms with E-state index in [0.29, 0.717) is 5.75 Å². The lowest BCUT2D eigenvalue weighted by atomic mass is 9.99. The highest BCUT2D eigenvalue weighted by Crippen LogP contribution is 2.45. The van der Waals surface area contributed by atoms with E-state index in [0.717, 1.165) is 6.07 Å². The topological polar surface area (TPSA) is 58.9 Å². The van der Waals surface area contributed by atoms with Gasteiger partial charge in [0.1, 0.15) is 0 Å². The summed E-state index contributed by atoms with van der Waals surface area (Å²) in [5, 5.41) is 18.5. The van der Waals surface area contributed by atoms with E-state index in [9.17, 15) is 9.50 Å². The monoisotopic (exact) mass is 214 g/mol. The Morgan fingerprint density at radius 3 is 2.93 bits per heavy atom. The Morgan fingerprint density at radius 2 is 2.27 bits per heavy atom. The molecule has 82 valence electrons. The molecule has 0 radical (unpaired) electrons. The minimum Gasteiger partial charge on any atom is -0.505 e. The van der Waals surface area contributed by atoms with E-state index in [2.05, 4.69) is 0 Å². The van der Waals surface area contributed by atoms with Crippen LogP contribution in [0.1, 0.15) is 18.4 Å². The molecule has 2 rings (SSSR count). The first-order chi connectivity index (χ1) is 7.15. The standard InChI is InChI=1S/C10H11FO4/c1-5(3-12)8-9(13)6(11)2-7-10(8)15-4-14-7/h2,5,12-13H,3-4H2,1H3. The minimum atomic E-state index is -0.769. The van der Waals surface area contributed by atoms with Crippen LogP contribution in [-0.2, 0) is 0 Å². The predicted molar refractivity (Wildman–Crippen MR) is 49.7 cm³/mol. The van der Waals surface area contributed by atoms with Gasteiger partial charge >= 0.3 is 0 Å². The third-order valence-corrected chi connectivity index (χ3v) is 2.39. The highest BCUT2D eigenvalue weighted by Gasteiger charge is 2.27. The van der Waals surface area contributed by atoms with Crippen molar-refractivity contribution in [1.29, 1.82) is 0 Å². The van der Waals surface area contributed by atoms with Crippen LogP contribution < -0.4 is 9.47 Å². The molecule has 1 aromatic rings. The Hall–Kier alpha value is -1.49. The number of aliphatic hydroxyl groups excluding tert-OH is 1. The van der Waals surface area contributed by atoms with E-state index in [4.69, 9.17) is 14.6 Å². The van der Waals surface area contributed by atoms with Crippen molar-refractivity contribution in [3.63, 3.8) is 0 Å². The number of fused-ring (bicyclic) bond motifs is 1. The molecule has 0 saturated carbocycles. The van der Waals surface area contributed by atoms with Crippen molar-refractivity contribution in [2.75, 3.05) is 13.4 Å². The molecule has 1 unspecified atom stereocenters. The summed E-state index contributed by atoms with van der Waals surface area (Å²) in [5.41, 5.74) is 0.255. The average Bonchev–Trinajstić information content (AvgIpc) is 2.66. The number of aromatic hydroxyl groups is 1. The number of ether oxygens (including phenoxy) is 2. The number of hydrogen-bond donors (Lipinski definition) is 2. The zero-order valence-electron chi connectivity index (χ0n) is 8.16. The third-order valence-electron chi connectivity index (χ3n) is 2.39. The first-order valence-corrected chi connectivity index (χ1v) is 4.57. The summed E-state index contributed by atoms with van der Waals surface area (Å²) in [4.78, 5) is 0. The molecule has 15 heavy (non-hydrogen) atoms. The van der Waals surface area contributed by atoms with E-state index >= 15 is 0 Å². The van der Waals surface area contributed by atoms with Crippen molar-refractivity contribution in [3.8, 4) is 17.2 Å². The summed E-state index contributed by atoms with van der Waals surface area (Å²) in [7, 11) is 0. The summed E-state index contributed by atoms with van der Waals surface area (Å²) in [6.07, 6.45) is 0. The molecule has 1 heterocycles. The van der Waals surface area contributed by atoms with Crippen LogP contribution in [0.25, 0.3) is 0 Å². The Labute approximate surface area is 85.9 Å². The maximum absolute atomic E-state index is 13.3. The highest BCUT2D eigenvalue weighted by molar-refractivity contribution is 5.56. The van der Waals surface area contributed by atoms with Crippen LogP contribution in [0, 0.1) is 5.82 Å². The van der Waals surface area contributed by atoms with Gasteiger partial charge in [-0.15, -0.1) is 0 Å². The quantitative estimate of drug-likeness (QED) is 0.780. The van der Waals surface area contributed by atoms with Crippen LogP contribution in [0.2, 0.25) is 0 Å². The second-order valence-electron chi connectivity index (χ2n) is 3.44. The predicted octanol–water partition coefficient (Wildman–Crippen LogP) is 1.36. The van der Waals surface area contributed by atoms with Crippen LogP contribution in [0.5, 0.6) is 17.2 Å². The molecule has 0 bridgehead atoms. The van der Waals surface area contributed by atoms with E-state index in [1.807, 2.05) is 0 Å². The van der Waals surface area contributed by atoms with Gasteiger partial charge in [0.15, 0.2) is 23.1 Å². The van der Waals surface area contributed by atoms with E-state index in [1.54, 1.807) is 6.92 Å². The van der Waals surface area contributed by atoms with Gasteiger partial charge in [0.25, 0.3) is 0 Å². The summed E-state index contributed by atoms with van der Waals surface area (Å²) >= 11 is 0. The van der Waals surface area contributed by atoms with E-state index in [-0.39, 0.29) is 24.7 Å². The number of benzene rings is 1. The zero-order chi connectivity index (χ0) is 11.0. The Bertz CT molecular complexity index is 391. The summed E-state index contributed by atoms with van der Waals surface area (Å²) in [6, 6.07) is 1.07. The van der Waals surface area contributed by atoms with Crippen LogP contribution in [0.3, 0.4) is 0 Å². The number of phenols is 1. The molecule has 1 aliphatic rings. The lowest BCUT2D eigenvalue weighted by molar-refractivity contribution is 0.172. The van der Waals surface area contributed by atoms with E-state index < -0.39 is 17.5 Å². The molecule has 0 spiro atoms. The number of halogens is 1. The summed E-state index contributed by atoms with van der Waals surface area (Å²) < 4.78 is 23.4. The fourth-order valence-electron chi connectivity index (χ4n) is 1.57. The Morgan fingerprint density at radius 1 is 1.53 bits per heavy atom. The molecule has 5 heteroatoms. The number of aliphatic hydroxyl groups is 1. The largest absolute Gasteiger partial charge is 0.505 e. The smallest absolute Gasteiger partial charge is 0.231 e. The fourth-order valence-corrected chi connectivity index (χ4v) is 1.57. The molecule has 4 nitrogen and oxygen atoms in total. The van der Waals surface area contributed by atoms with Crippen LogP contribution >= 0.6 is 0 Å². The van der Waals surface area contributed by atoms with Gasteiger partial charge in [0, 0.05) is 24.2 Å². The highest BCUT2D eigenvalue weighted by atomic mass is 19.1. The normalized spacial score (nSPS) is 15.4. The molecule has 0 aromatic heterocycles. The van der Waals surface area contributed by atoms with Gasteiger partial charge < -0.3 is 19.7 Å². The lowest BCUT2D eigenvalue weighted by Gasteiger charge is -2.13. The van der Waals surface area contributed by atoms with Gasteiger partial charge in [-0.25, -0.2) is 4.39 Å². The van der Waals surface area contributed by atoms with Crippen molar-refractivity contribution in [2.45, 2.75) is 12.8 Å². The van der Waals surface area contributed by atoms with Crippen molar-refractivity contribution in [1.82, 2.24) is 0 Å². The van der Waals surface area contributed by atoms with Gasteiger partial charge in [-0.2, -0.15) is 0 Å². The molecule has 0 aliphatic carbocycles. The second-order valence-corrected chi connectivity index (χ2v) is 3.44. The molecule has 2 N–H and O–H groups in total. The van der Waals surface area contributed by atoms with Crippen LogP contribution in [0.15, 0.2) is 6.07 Å². The number of hydrogen-bond acceptors (Lipinski definition) is 4. The average molecular weight is 214 g/mol. The molecule has 1 aromatic carbocycles. The van der Waals surface area contributed by atoms with E-state index in [1.165, 1.54) is 0 Å². The molecule has 0 amide bonds. The summed E-state index contributed by atoms with van der Waals surface area (Å²) in [6.45, 7) is 1.46. The van der Waals surface area contributed by atoms with Crippen molar-refractivity contribution < 1.29 is 24.1 Å². The minimum absolute atomic E-state index is 0.00335. The maximum atomic E-state index is 13.3. The molecule has 0 fully saturated rings. The van der Waals surface area contributed by atoms with Gasteiger partial charge in [-0.3, -0.25) is 0 Å². The number of phenolic OH excluding ortho intramolecular Hbond substituents is 1. The van der Waals surface area contributed by atoms with Crippen LogP contribution in [0.4, 0.5) is 4.39 Å². The van der Waals surface area contributed by atoms with Gasteiger partial charge in [-0.05, 0) is 0 Å². The SMILES string of the molecule is CC(CO)c1c(O)c(F)cc2c1OCO2. The molecular weight excluding hydrogens is 203 g/mol. The fraction of sp³-hybridized carbons (Fsp3) is 0.400. The molecule has 1 atom stereocenters. The second kappa shape index (κ2) is 3.58. The van der Waals surface area contributed by atoms with Crippen molar-refractivity contribution in [2.24, 2.45) is 0 Å². The first-order valence-electron chi connectivity index (χ1n) is 4.57. The molecule has 0 saturated heterocycles. The molecular formula is C10H11FO4. The Balaban J connectivity index is 2.60. The lowest BCUT2D eigenvalue weighted by Crippen LogP contribution is -2.02. The van der Waals surface area contributed by atoms with Gasteiger partial charge in [0.05, 0.1) is 0 Å². The first kappa shape index (κ1) is 10.0. The molecule has 1 aliphatic heterocycles. The van der Waals surface area contributed by atoms with Gasteiger partial charge in [-0.1, -0.05) is 6.92 Å². The van der Waals surface area contributed by atoms with Crippen LogP contribution in [-0.4, -0.2) is 23.6 Å². The van der Waals surface area contributed by atoms with Gasteiger partial charge in [0.2, 0.25) is 6.79 Å². The Kier molecular flexibility index (Phi) is 2.40. The maximum Gasteiger partial charge on any atom is 0.231 e. The zero-order valence-corrected chi connectivity index (χ0v) is 8.16. The third kappa shape index (κ3) is 1.48. The number of rotatable bonds is 2. The van der Waals surface area contributed by atoms with Crippen molar-refractivity contribution in [3.05, 3.63) is 17.4 Å².